The van der Waals surface area contributed by atoms with Gasteiger partial charge < -0.3 is 10.6 Å². The highest BCUT2D eigenvalue weighted by atomic mass is 32.2. The van der Waals surface area contributed by atoms with Crippen molar-refractivity contribution < 1.29 is 9.18 Å². The number of halogens is 1. The summed E-state index contributed by atoms with van der Waals surface area (Å²) in [5, 5.41) is 15.3. The number of nitrogens with zero attached hydrogens (tertiary/aromatic N) is 5. The topological polar surface area (TPSA) is 116 Å². The molecular formula is C25H22FN7OS. The molecule has 0 radical (unpaired) electrons. The molecular weight excluding hydrogens is 465 g/mol. The van der Waals surface area contributed by atoms with Gasteiger partial charge in [-0.3, -0.25) is 9.78 Å². The van der Waals surface area contributed by atoms with Crippen LogP contribution in [0.25, 0.3) is 22.2 Å². The van der Waals surface area contributed by atoms with E-state index in [2.05, 4.69) is 30.6 Å². The minimum atomic E-state index is -0.653. The van der Waals surface area contributed by atoms with Crippen molar-refractivity contribution >= 4 is 34.4 Å². The van der Waals surface area contributed by atoms with Gasteiger partial charge in [0.15, 0.2) is 5.82 Å². The van der Waals surface area contributed by atoms with Crippen LogP contribution >= 0.6 is 11.8 Å². The number of para-hydroxylation sites is 1. The molecule has 8 nitrogen and oxygen atoms in total. The zero-order valence-electron chi connectivity index (χ0n) is 19.1. The number of aromatic nitrogens is 4. The van der Waals surface area contributed by atoms with E-state index in [1.54, 1.807) is 36.2 Å². The van der Waals surface area contributed by atoms with E-state index in [0.29, 0.717) is 34.7 Å². The summed E-state index contributed by atoms with van der Waals surface area (Å²) in [4.78, 5) is 29.4. The number of carbonyl (C=O) groups is 1. The van der Waals surface area contributed by atoms with E-state index in [1.165, 1.54) is 13.4 Å². The molecule has 4 rings (SSSR count). The summed E-state index contributed by atoms with van der Waals surface area (Å²) in [7, 11) is 1.47. The Hall–Kier alpha value is -4.10. The van der Waals surface area contributed by atoms with Gasteiger partial charge in [0.1, 0.15) is 23.9 Å². The summed E-state index contributed by atoms with van der Waals surface area (Å²) in [5.41, 5.74) is 3.30. The molecule has 176 valence electrons. The van der Waals surface area contributed by atoms with Gasteiger partial charge in [-0.25, -0.2) is 19.3 Å². The maximum Gasteiger partial charge on any atom is 0.254 e. The van der Waals surface area contributed by atoms with E-state index in [1.807, 2.05) is 30.5 Å². The zero-order valence-corrected chi connectivity index (χ0v) is 19.9. The van der Waals surface area contributed by atoms with E-state index in [9.17, 15) is 9.18 Å². The number of carbonyl (C=O) groups excluding carboxylic acids is 1. The molecule has 0 saturated heterocycles. The molecule has 1 atom stereocenters. The Balaban J connectivity index is 1.62. The van der Waals surface area contributed by atoms with Crippen LogP contribution in [0.1, 0.15) is 27.5 Å². The van der Waals surface area contributed by atoms with Crippen molar-refractivity contribution in [3.05, 3.63) is 77.8 Å². The zero-order chi connectivity index (χ0) is 24.8. The highest BCUT2D eigenvalue weighted by Gasteiger charge is 2.21. The molecule has 3 aromatic heterocycles. The number of hydrogen-bond acceptors (Lipinski definition) is 8. The van der Waals surface area contributed by atoms with Crippen LogP contribution in [0.4, 0.5) is 10.2 Å². The van der Waals surface area contributed by atoms with Gasteiger partial charge in [-0.05, 0) is 24.0 Å². The normalized spacial score (nSPS) is 11.6. The van der Waals surface area contributed by atoms with Gasteiger partial charge in [0.25, 0.3) is 5.91 Å². The van der Waals surface area contributed by atoms with Crippen molar-refractivity contribution in [3.63, 3.8) is 0 Å². The first-order valence-electron chi connectivity index (χ1n) is 10.8. The van der Waals surface area contributed by atoms with E-state index < -0.39 is 11.7 Å². The number of hydrogen-bond donors (Lipinski definition) is 2. The predicted molar refractivity (Wildman–Crippen MR) is 135 cm³/mol. The van der Waals surface area contributed by atoms with Gasteiger partial charge in [0.05, 0.1) is 23.0 Å². The number of anilines is 1. The smallest absolute Gasteiger partial charge is 0.254 e. The number of benzene rings is 1. The molecule has 1 unspecified atom stereocenters. The lowest BCUT2D eigenvalue weighted by atomic mass is 9.95. The summed E-state index contributed by atoms with van der Waals surface area (Å²) < 4.78 is 14.5. The molecule has 4 aromatic rings. The first kappa shape index (κ1) is 24.0. The van der Waals surface area contributed by atoms with E-state index in [0.717, 1.165) is 23.1 Å². The summed E-state index contributed by atoms with van der Waals surface area (Å²) >= 11 is 1.68. The van der Waals surface area contributed by atoms with E-state index >= 15 is 0 Å². The quantitative estimate of drug-likeness (QED) is 0.383. The van der Waals surface area contributed by atoms with Crippen LogP contribution in [-0.2, 0) is 0 Å². The lowest BCUT2D eigenvalue weighted by Crippen LogP contribution is -2.21. The van der Waals surface area contributed by atoms with Crippen LogP contribution in [0, 0.1) is 17.1 Å². The Labute approximate surface area is 206 Å². The monoisotopic (exact) mass is 487 g/mol. The molecule has 3 heterocycles. The highest BCUT2D eigenvalue weighted by molar-refractivity contribution is 7.98. The maximum atomic E-state index is 14.5. The molecule has 1 amide bonds. The lowest BCUT2D eigenvalue weighted by Gasteiger charge is -2.20. The van der Waals surface area contributed by atoms with Crippen LogP contribution in [0.5, 0.6) is 0 Å². The minimum Gasteiger partial charge on any atom is -0.369 e. The number of pyridine rings is 2. The van der Waals surface area contributed by atoms with Gasteiger partial charge in [-0.2, -0.15) is 17.0 Å². The Morgan fingerprint density at radius 2 is 2.03 bits per heavy atom. The second-order valence-corrected chi connectivity index (χ2v) is 8.58. The van der Waals surface area contributed by atoms with Crippen molar-refractivity contribution in [1.29, 1.82) is 5.26 Å². The third kappa shape index (κ3) is 5.20. The third-order valence-electron chi connectivity index (χ3n) is 5.51. The second-order valence-electron chi connectivity index (χ2n) is 7.67. The Morgan fingerprint density at radius 1 is 1.17 bits per heavy atom. The largest absolute Gasteiger partial charge is 0.369 e. The lowest BCUT2D eigenvalue weighted by molar-refractivity contribution is 0.0960. The second kappa shape index (κ2) is 10.9. The average Bonchev–Trinajstić information content (AvgIpc) is 2.90. The standard InChI is InChI=1S/C25H22FN7OS/c1-28-25(34)23-19-5-3-4-18(24(19)31-12-20(23)26)16(13-35-2)11-30-22-8-21(32-14-33-22)15-6-7-17(9-27)29-10-15/h3-8,10,12,14,16H,11,13H2,1-2H3,(H,28,34)(H,30,32,33). The highest BCUT2D eigenvalue weighted by Crippen LogP contribution is 2.30. The number of fused-ring (bicyclic) bond motifs is 1. The van der Waals surface area contributed by atoms with E-state index in [4.69, 9.17) is 5.26 Å². The first-order chi connectivity index (χ1) is 17.0. The van der Waals surface area contributed by atoms with Gasteiger partial charge in [-0.1, -0.05) is 18.2 Å². The Bertz CT molecular complexity index is 1410. The number of amides is 1. The van der Waals surface area contributed by atoms with Gasteiger partial charge in [0.2, 0.25) is 0 Å². The Kier molecular flexibility index (Phi) is 7.48. The molecule has 0 aliphatic carbocycles. The van der Waals surface area contributed by atoms with Crippen molar-refractivity contribution in [3.8, 4) is 17.3 Å². The summed E-state index contributed by atoms with van der Waals surface area (Å²) in [5.74, 6) is 0.282. The van der Waals surface area contributed by atoms with Crippen molar-refractivity contribution in [2.75, 3.05) is 30.9 Å². The number of rotatable bonds is 8. The first-order valence-corrected chi connectivity index (χ1v) is 12.2. The van der Waals surface area contributed by atoms with Gasteiger partial charge in [-0.15, -0.1) is 0 Å². The third-order valence-corrected chi connectivity index (χ3v) is 6.25. The summed E-state index contributed by atoms with van der Waals surface area (Å²) in [6, 6.07) is 12.7. The summed E-state index contributed by atoms with van der Waals surface area (Å²) in [6.07, 6.45) is 6.19. The molecule has 0 spiro atoms. The summed E-state index contributed by atoms with van der Waals surface area (Å²) in [6.45, 7) is 0.538. The van der Waals surface area contributed by atoms with Crippen LogP contribution in [0.3, 0.4) is 0 Å². The van der Waals surface area contributed by atoms with Crippen LogP contribution < -0.4 is 10.6 Å². The fourth-order valence-corrected chi connectivity index (χ4v) is 4.52. The molecule has 0 fully saturated rings. The molecule has 1 aromatic carbocycles. The van der Waals surface area contributed by atoms with E-state index in [-0.39, 0.29) is 11.5 Å². The average molecular weight is 488 g/mol. The van der Waals surface area contributed by atoms with Crippen molar-refractivity contribution in [1.82, 2.24) is 25.3 Å². The fraction of sp³-hybridized carbons (Fsp3) is 0.200. The van der Waals surface area contributed by atoms with Gasteiger partial charge in [0, 0.05) is 48.5 Å². The number of nitrogens with one attached hydrogen (secondary N) is 2. The molecule has 0 bridgehead atoms. The molecule has 2 N–H and O–H groups in total. The number of nitriles is 1. The Morgan fingerprint density at radius 3 is 2.74 bits per heavy atom. The van der Waals surface area contributed by atoms with Crippen LogP contribution in [0.15, 0.2) is 55.1 Å². The molecule has 0 aliphatic rings. The number of thioether (sulfide) groups is 1. The molecule has 0 aliphatic heterocycles. The van der Waals surface area contributed by atoms with Crippen molar-refractivity contribution in [2.45, 2.75) is 5.92 Å². The van der Waals surface area contributed by atoms with Crippen LogP contribution in [0.2, 0.25) is 0 Å². The minimum absolute atomic E-state index is 0.00770. The molecule has 0 saturated carbocycles. The SMILES string of the molecule is CNC(=O)c1c(F)cnc2c(C(CNc3cc(-c4ccc(C#N)nc4)ncn3)CSC)cccc12. The van der Waals surface area contributed by atoms with Crippen molar-refractivity contribution in [2.24, 2.45) is 0 Å². The van der Waals surface area contributed by atoms with Gasteiger partial charge >= 0.3 is 0 Å². The molecule has 35 heavy (non-hydrogen) atoms. The maximum absolute atomic E-state index is 14.5. The predicted octanol–water partition coefficient (Wildman–Crippen LogP) is 4.02. The van der Waals surface area contributed by atoms with Crippen LogP contribution in [-0.4, -0.2) is 51.4 Å². The molecule has 10 heteroatoms. The fourth-order valence-electron chi connectivity index (χ4n) is 3.82.